The molecule has 0 radical (unpaired) electrons. The van der Waals surface area contributed by atoms with Crippen LogP contribution in [0.25, 0.3) is 16.5 Å². The van der Waals surface area contributed by atoms with E-state index in [9.17, 15) is 0 Å². The lowest BCUT2D eigenvalue weighted by Crippen LogP contribution is -2.17. The molecular formula is C18H22ClNS. The molecule has 2 aromatic rings. The highest BCUT2D eigenvalue weighted by Crippen LogP contribution is 2.34. The Morgan fingerprint density at radius 3 is 2.71 bits per heavy atom. The highest BCUT2D eigenvalue weighted by atomic mass is 35.5. The zero-order valence-electron chi connectivity index (χ0n) is 12.7. The maximum Gasteiger partial charge on any atom is 0.0492 e. The van der Waals surface area contributed by atoms with Crippen molar-refractivity contribution < 1.29 is 0 Å². The van der Waals surface area contributed by atoms with Gasteiger partial charge in [0.1, 0.15) is 0 Å². The largest absolute Gasteiger partial charge is 0.313 e. The van der Waals surface area contributed by atoms with Gasteiger partial charge in [0.25, 0.3) is 0 Å². The molecule has 0 unspecified atom stereocenters. The van der Waals surface area contributed by atoms with Gasteiger partial charge in [-0.25, -0.2) is 0 Å². The van der Waals surface area contributed by atoms with E-state index >= 15 is 0 Å². The van der Waals surface area contributed by atoms with Crippen LogP contribution in [0.4, 0.5) is 0 Å². The molecular weight excluding hydrogens is 298 g/mol. The van der Waals surface area contributed by atoms with Gasteiger partial charge in [-0.15, -0.1) is 11.3 Å². The number of hydrogen-bond donors (Lipinski definition) is 1. The van der Waals surface area contributed by atoms with E-state index < -0.39 is 0 Å². The highest BCUT2D eigenvalue weighted by molar-refractivity contribution is 7.16. The minimum atomic E-state index is 0.815. The predicted octanol–water partition coefficient (Wildman–Crippen LogP) is 5.86. The quantitative estimate of drug-likeness (QED) is 0.630. The molecule has 0 amide bonds. The first-order valence-corrected chi connectivity index (χ1v) is 8.69. The van der Waals surface area contributed by atoms with Gasteiger partial charge < -0.3 is 5.32 Å². The molecule has 0 aliphatic rings. The van der Waals surface area contributed by atoms with Crippen molar-refractivity contribution in [1.29, 1.82) is 0 Å². The van der Waals surface area contributed by atoms with E-state index in [4.69, 9.17) is 11.6 Å². The predicted molar refractivity (Wildman–Crippen MR) is 96.2 cm³/mol. The van der Waals surface area contributed by atoms with Gasteiger partial charge in [0, 0.05) is 26.9 Å². The summed E-state index contributed by atoms with van der Waals surface area (Å²) in [5, 5.41) is 4.28. The van der Waals surface area contributed by atoms with E-state index in [0.717, 1.165) is 30.1 Å². The van der Waals surface area contributed by atoms with Crippen molar-refractivity contribution in [2.24, 2.45) is 0 Å². The fourth-order valence-corrected chi connectivity index (χ4v) is 3.47. The van der Waals surface area contributed by atoms with Gasteiger partial charge in [0.2, 0.25) is 0 Å². The Balaban J connectivity index is 2.13. The smallest absolute Gasteiger partial charge is 0.0492 e. The maximum absolute atomic E-state index is 6.27. The molecule has 0 atom stereocenters. The van der Waals surface area contributed by atoms with Gasteiger partial charge in [-0.2, -0.15) is 0 Å². The molecule has 1 heterocycles. The van der Waals surface area contributed by atoms with E-state index in [1.54, 1.807) is 11.3 Å². The van der Waals surface area contributed by atoms with Crippen molar-refractivity contribution in [2.45, 2.75) is 26.7 Å². The Morgan fingerprint density at radius 2 is 2.00 bits per heavy atom. The maximum atomic E-state index is 6.27. The molecule has 112 valence electrons. The van der Waals surface area contributed by atoms with Gasteiger partial charge in [-0.1, -0.05) is 49.2 Å². The zero-order chi connectivity index (χ0) is 15.1. The van der Waals surface area contributed by atoms with E-state index in [2.05, 4.69) is 43.4 Å². The summed E-state index contributed by atoms with van der Waals surface area (Å²) in [7, 11) is 0. The fraction of sp³-hybridized carbons (Fsp3) is 0.333. The van der Waals surface area contributed by atoms with Crippen LogP contribution in [0.2, 0.25) is 5.02 Å². The van der Waals surface area contributed by atoms with Crippen LogP contribution >= 0.6 is 22.9 Å². The summed E-state index contributed by atoms with van der Waals surface area (Å²) >= 11 is 8.06. The molecule has 1 N–H and O–H groups in total. The molecule has 0 saturated carbocycles. The summed E-state index contributed by atoms with van der Waals surface area (Å²) in [5.74, 6) is 0. The Hall–Kier alpha value is -1.09. The van der Waals surface area contributed by atoms with Crippen molar-refractivity contribution in [2.75, 3.05) is 13.1 Å². The lowest BCUT2D eigenvalue weighted by Gasteiger charge is -2.05. The third-order valence-corrected chi connectivity index (χ3v) is 4.74. The zero-order valence-corrected chi connectivity index (χ0v) is 14.2. The van der Waals surface area contributed by atoms with Crippen LogP contribution in [0, 0.1) is 0 Å². The van der Waals surface area contributed by atoms with Crippen LogP contribution in [-0.2, 0) is 0 Å². The van der Waals surface area contributed by atoms with E-state index in [1.807, 2.05) is 18.2 Å². The number of rotatable bonds is 7. The first-order valence-electron chi connectivity index (χ1n) is 7.49. The SMILES string of the molecule is CCCNCC(=Cc1ccc(-c2ccccc2Cl)s1)CC. The molecule has 0 aliphatic carbocycles. The Bertz CT molecular complexity index is 601. The van der Waals surface area contributed by atoms with Gasteiger partial charge in [-0.3, -0.25) is 0 Å². The Labute approximate surface area is 136 Å². The first-order chi connectivity index (χ1) is 10.2. The molecule has 1 aromatic carbocycles. The van der Waals surface area contributed by atoms with Crippen molar-refractivity contribution in [1.82, 2.24) is 5.32 Å². The van der Waals surface area contributed by atoms with E-state index in [-0.39, 0.29) is 0 Å². The normalized spacial score (nSPS) is 11.9. The molecule has 0 fully saturated rings. The molecule has 1 nitrogen and oxygen atoms in total. The molecule has 0 aliphatic heterocycles. The number of halogens is 1. The fourth-order valence-electron chi connectivity index (χ4n) is 2.14. The Kier molecular flexibility index (Phi) is 6.50. The number of benzene rings is 1. The van der Waals surface area contributed by atoms with Crippen molar-refractivity contribution in [3.8, 4) is 10.4 Å². The number of thiophene rings is 1. The van der Waals surface area contributed by atoms with Crippen molar-refractivity contribution in [3.05, 3.63) is 51.9 Å². The van der Waals surface area contributed by atoms with Crippen LogP contribution in [0.5, 0.6) is 0 Å². The van der Waals surface area contributed by atoms with Crippen LogP contribution in [0.3, 0.4) is 0 Å². The lowest BCUT2D eigenvalue weighted by atomic mass is 10.1. The summed E-state index contributed by atoms with van der Waals surface area (Å²) in [6.45, 7) is 6.45. The van der Waals surface area contributed by atoms with Gasteiger partial charge >= 0.3 is 0 Å². The monoisotopic (exact) mass is 319 g/mol. The van der Waals surface area contributed by atoms with Crippen molar-refractivity contribution >= 4 is 29.0 Å². The molecule has 1 aromatic heterocycles. The Morgan fingerprint density at radius 1 is 1.19 bits per heavy atom. The van der Waals surface area contributed by atoms with Gasteiger partial charge in [0.15, 0.2) is 0 Å². The summed E-state index contributed by atoms with van der Waals surface area (Å²) < 4.78 is 0. The molecule has 0 saturated heterocycles. The minimum absolute atomic E-state index is 0.815. The molecule has 3 heteroatoms. The first kappa shape index (κ1) is 16.3. The molecule has 0 bridgehead atoms. The van der Waals surface area contributed by atoms with Gasteiger partial charge in [-0.05, 0) is 43.7 Å². The summed E-state index contributed by atoms with van der Waals surface area (Å²) in [4.78, 5) is 2.52. The van der Waals surface area contributed by atoms with Crippen LogP contribution in [0.1, 0.15) is 31.6 Å². The van der Waals surface area contributed by atoms with E-state index in [1.165, 1.54) is 21.7 Å². The summed E-state index contributed by atoms with van der Waals surface area (Å²) in [5.41, 5.74) is 2.56. The third kappa shape index (κ3) is 4.70. The van der Waals surface area contributed by atoms with Crippen LogP contribution < -0.4 is 5.32 Å². The summed E-state index contributed by atoms with van der Waals surface area (Å²) in [6, 6.07) is 12.4. The standard InChI is InChI=1S/C18H22ClNS/c1-3-11-20-13-14(4-2)12-15-9-10-18(21-15)16-7-5-6-8-17(16)19/h5-10,12,20H,3-4,11,13H2,1-2H3. The second-order valence-electron chi connectivity index (χ2n) is 5.01. The minimum Gasteiger partial charge on any atom is -0.313 e. The second-order valence-corrected chi connectivity index (χ2v) is 6.54. The average molecular weight is 320 g/mol. The molecule has 0 spiro atoms. The average Bonchev–Trinajstić information content (AvgIpc) is 2.95. The van der Waals surface area contributed by atoms with Crippen LogP contribution in [-0.4, -0.2) is 13.1 Å². The lowest BCUT2D eigenvalue weighted by molar-refractivity contribution is 0.706. The van der Waals surface area contributed by atoms with Gasteiger partial charge in [0.05, 0.1) is 0 Å². The third-order valence-electron chi connectivity index (χ3n) is 3.35. The number of hydrogen-bond acceptors (Lipinski definition) is 2. The van der Waals surface area contributed by atoms with E-state index in [0.29, 0.717) is 0 Å². The summed E-state index contributed by atoms with van der Waals surface area (Å²) in [6.07, 6.45) is 4.55. The van der Waals surface area contributed by atoms with Crippen LogP contribution in [0.15, 0.2) is 42.0 Å². The van der Waals surface area contributed by atoms with Crippen molar-refractivity contribution in [3.63, 3.8) is 0 Å². The topological polar surface area (TPSA) is 12.0 Å². The number of nitrogens with one attached hydrogen (secondary N) is 1. The molecule has 2 rings (SSSR count). The second kappa shape index (κ2) is 8.38. The highest BCUT2D eigenvalue weighted by Gasteiger charge is 2.05. The molecule has 21 heavy (non-hydrogen) atoms.